The normalized spacial score (nSPS) is 36.7. The van der Waals surface area contributed by atoms with Crippen LogP contribution in [0.15, 0.2) is 0 Å². The zero-order valence-corrected chi connectivity index (χ0v) is 6.41. The Balaban J connectivity index is 1.80. The molecule has 0 aromatic carbocycles. The van der Waals surface area contributed by atoms with E-state index in [2.05, 4.69) is 17.1 Å². The Morgan fingerprint density at radius 3 is 2.78 bits per heavy atom. The van der Waals surface area contributed by atoms with E-state index in [0.29, 0.717) is 0 Å². The summed E-state index contributed by atoms with van der Waals surface area (Å²) in [6, 6.07) is 0. The summed E-state index contributed by atoms with van der Waals surface area (Å²) < 4.78 is 0. The molecule has 1 heterocycles. The average Bonchev–Trinajstić information content (AvgIpc) is 2.71. The number of hydrogen-bond donors (Lipinski definition) is 1. The van der Waals surface area contributed by atoms with Gasteiger partial charge < -0.3 is 5.32 Å². The van der Waals surface area contributed by atoms with Crippen molar-refractivity contribution in [3.63, 3.8) is 0 Å². The standard InChI is InChI=1S/C7H13NS/c1-2-6(1)7-5-8-3-4-9-7/h6-8H,1-5H2/t7-/m1/s1. The molecule has 1 atom stereocenters. The molecule has 2 aliphatic rings. The van der Waals surface area contributed by atoms with Gasteiger partial charge in [0.25, 0.3) is 0 Å². The third-order valence-corrected chi connectivity index (χ3v) is 3.52. The van der Waals surface area contributed by atoms with Crippen LogP contribution >= 0.6 is 11.8 Å². The van der Waals surface area contributed by atoms with Gasteiger partial charge in [0, 0.05) is 24.1 Å². The minimum atomic E-state index is 0.971. The Morgan fingerprint density at radius 2 is 2.22 bits per heavy atom. The second kappa shape index (κ2) is 2.51. The van der Waals surface area contributed by atoms with Crippen LogP contribution in [0.3, 0.4) is 0 Å². The molecule has 0 amide bonds. The molecule has 0 aromatic rings. The van der Waals surface area contributed by atoms with Crippen LogP contribution < -0.4 is 5.32 Å². The predicted molar refractivity (Wildman–Crippen MR) is 41.8 cm³/mol. The van der Waals surface area contributed by atoms with Crippen molar-refractivity contribution in [2.45, 2.75) is 18.1 Å². The summed E-state index contributed by atoms with van der Waals surface area (Å²) in [4.78, 5) is 0. The molecule has 1 nitrogen and oxygen atoms in total. The maximum absolute atomic E-state index is 3.44. The van der Waals surface area contributed by atoms with Crippen LogP contribution in [0.4, 0.5) is 0 Å². The van der Waals surface area contributed by atoms with Crippen LogP contribution in [0.2, 0.25) is 0 Å². The lowest BCUT2D eigenvalue weighted by atomic mass is 10.3. The monoisotopic (exact) mass is 143 g/mol. The summed E-state index contributed by atoms with van der Waals surface area (Å²) in [6.07, 6.45) is 3.00. The fraction of sp³-hybridized carbons (Fsp3) is 1.00. The van der Waals surface area contributed by atoms with Crippen molar-refractivity contribution in [3.8, 4) is 0 Å². The Labute approximate surface area is 60.6 Å². The first-order valence-corrected chi connectivity index (χ1v) is 4.84. The Hall–Kier alpha value is 0.310. The lowest BCUT2D eigenvalue weighted by molar-refractivity contribution is 0.628. The summed E-state index contributed by atoms with van der Waals surface area (Å²) >= 11 is 2.17. The van der Waals surface area contributed by atoms with Crippen molar-refractivity contribution in [2.24, 2.45) is 5.92 Å². The highest BCUT2D eigenvalue weighted by molar-refractivity contribution is 8.00. The molecule has 2 rings (SSSR count). The van der Waals surface area contributed by atoms with E-state index in [0.717, 1.165) is 11.2 Å². The van der Waals surface area contributed by atoms with Crippen molar-refractivity contribution in [3.05, 3.63) is 0 Å². The first-order chi connectivity index (χ1) is 4.47. The number of nitrogens with one attached hydrogen (secondary N) is 1. The molecule has 0 radical (unpaired) electrons. The largest absolute Gasteiger partial charge is 0.315 e. The lowest BCUT2D eigenvalue weighted by Gasteiger charge is -2.21. The molecule has 1 saturated carbocycles. The predicted octanol–water partition coefficient (Wildman–Crippen LogP) is 1.10. The van der Waals surface area contributed by atoms with Gasteiger partial charge >= 0.3 is 0 Å². The van der Waals surface area contributed by atoms with Crippen LogP contribution in [0.25, 0.3) is 0 Å². The SMILES string of the molecule is C1CS[C@@H](C2CC2)CN1. The number of rotatable bonds is 1. The summed E-state index contributed by atoms with van der Waals surface area (Å²) in [7, 11) is 0. The average molecular weight is 143 g/mol. The molecular formula is C7H13NS. The molecule has 1 N–H and O–H groups in total. The summed E-state index contributed by atoms with van der Waals surface area (Å²) in [5, 5.41) is 4.41. The van der Waals surface area contributed by atoms with E-state index < -0.39 is 0 Å². The Kier molecular flexibility index (Phi) is 1.68. The summed E-state index contributed by atoms with van der Waals surface area (Å²) in [5.74, 6) is 2.42. The molecule has 0 aromatic heterocycles. The number of hydrogen-bond acceptors (Lipinski definition) is 2. The highest BCUT2D eigenvalue weighted by Gasteiger charge is 2.32. The fourth-order valence-corrected chi connectivity index (χ4v) is 2.70. The van der Waals surface area contributed by atoms with Crippen LogP contribution in [0.5, 0.6) is 0 Å². The molecule has 52 valence electrons. The Morgan fingerprint density at radius 1 is 1.33 bits per heavy atom. The second-order valence-corrected chi connectivity index (χ2v) is 4.30. The highest BCUT2D eigenvalue weighted by atomic mass is 32.2. The molecule has 0 spiro atoms. The van der Waals surface area contributed by atoms with Gasteiger partial charge in [0.15, 0.2) is 0 Å². The third kappa shape index (κ3) is 1.41. The highest BCUT2D eigenvalue weighted by Crippen LogP contribution is 2.39. The van der Waals surface area contributed by atoms with Gasteiger partial charge in [-0.15, -0.1) is 0 Å². The molecule has 0 bridgehead atoms. The minimum absolute atomic E-state index is 0.971. The van der Waals surface area contributed by atoms with Gasteiger partial charge in [-0.25, -0.2) is 0 Å². The smallest absolute Gasteiger partial charge is 0.0201 e. The first kappa shape index (κ1) is 6.05. The van der Waals surface area contributed by atoms with Crippen molar-refractivity contribution in [2.75, 3.05) is 18.8 Å². The van der Waals surface area contributed by atoms with Gasteiger partial charge in [-0.05, 0) is 18.8 Å². The molecule has 1 aliphatic carbocycles. The fourth-order valence-electron chi connectivity index (χ4n) is 1.36. The van der Waals surface area contributed by atoms with E-state index in [1.165, 1.54) is 31.7 Å². The Bertz CT molecular complexity index is 95.1. The number of thioether (sulfide) groups is 1. The van der Waals surface area contributed by atoms with E-state index in [-0.39, 0.29) is 0 Å². The van der Waals surface area contributed by atoms with Crippen molar-refractivity contribution in [1.29, 1.82) is 0 Å². The molecule has 1 saturated heterocycles. The topological polar surface area (TPSA) is 12.0 Å². The molecule has 9 heavy (non-hydrogen) atoms. The van der Waals surface area contributed by atoms with Crippen molar-refractivity contribution in [1.82, 2.24) is 5.32 Å². The first-order valence-electron chi connectivity index (χ1n) is 3.79. The van der Waals surface area contributed by atoms with E-state index in [1.807, 2.05) is 0 Å². The van der Waals surface area contributed by atoms with Crippen molar-refractivity contribution >= 4 is 11.8 Å². The van der Waals surface area contributed by atoms with E-state index in [9.17, 15) is 0 Å². The molecule has 1 aliphatic heterocycles. The van der Waals surface area contributed by atoms with E-state index in [4.69, 9.17) is 0 Å². The zero-order valence-electron chi connectivity index (χ0n) is 5.60. The van der Waals surface area contributed by atoms with Crippen LogP contribution in [-0.4, -0.2) is 24.1 Å². The maximum Gasteiger partial charge on any atom is 0.0201 e. The summed E-state index contributed by atoms with van der Waals surface area (Å²) in [5.41, 5.74) is 0. The summed E-state index contributed by atoms with van der Waals surface area (Å²) in [6.45, 7) is 2.50. The lowest BCUT2D eigenvalue weighted by Crippen LogP contribution is -2.33. The van der Waals surface area contributed by atoms with E-state index >= 15 is 0 Å². The third-order valence-electron chi connectivity index (χ3n) is 2.10. The van der Waals surface area contributed by atoms with E-state index in [1.54, 1.807) is 0 Å². The second-order valence-electron chi connectivity index (χ2n) is 2.95. The maximum atomic E-state index is 3.44. The van der Waals surface area contributed by atoms with Crippen molar-refractivity contribution < 1.29 is 0 Å². The minimum Gasteiger partial charge on any atom is -0.315 e. The van der Waals surface area contributed by atoms with Gasteiger partial charge in [0.1, 0.15) is 0 Å². The van der Waals surface area contributed by atoms with Gasteiger partial charge in [-0.3, -0.25) is 0 Å². The van der Waals surface area contributed by atoms with Gasteiger partial charge in [-0.1, -0.05) is 0 Å². The van der Waals surface area contributed by atoms with Crippen LogP contribution in [0.1, 0.15) is 12.8 Å². The molecule has 2 heteroatoms. The van der Waals surface area contributed by atoms with Crippen LogP contribution in [0, 0.1) is 5.92 Å². The molecular weight excluding hydrogens is 130 g/mol. The quantitative estimate of drug-likeness (QED) is 0.590. The van der Waals surface area contributed by atoms with Gasteiger partial charge in [-0.2, -0.15) is 11.8 Å². The van der Waals surface area contributed by atoms with Gasteiger partial charge in [0.05, 0.1) is 0 Å². The van der Waals surface area contributed by atoms with Gasteiger partial charge in [0.2, 0.25) is 0 Å². The molecule has 0 unspecified atom stereocenters. The van der Waals surface area contributed by atoms with Crippen LogP contribution in [-0.2, 0) is 0 Å². The molecule has 2 fully saturated rings. The zero-order chi connectivity index (χ0) is 6.10.